The molecule has 3 N–H and O–H groups in total. The number of aliphatic carboxylic acids is 1. The van der Waals surface area contributed by atoms with Crippen molar-refractivity contribution < 1.29 is 14.7 Å². The third-order valence-corrected chi connectivity index (χ3v) is 4.49. The summed E-state index contributed by atoms with van der Waals surface area (Å²) in [5, 5.41) is 16.8. The van der Waals surface area contributed by atoms with Crippen LogP contribution in [0.5, 0.6) is 0 Å². The molecule has 5 nitrogen and oxygen atoms in total. The van der Waals surface area contributed by atoms with Crippen LogP contribution in [-0.2, 0) is 9.59 Å². The van der Waals surface area contributed by atoms with E-state index in [1.54, 1.807) is 0 Å². The molecule has 1 atom stereocenters. The van der Waals surface area contributed by atoms with Crippen molar-refractivity contribution in [3.05, 3.63) is 22.4 Å². The van der Waals surface area contributed by atoms with Crippen LogP contribution in [0.4, 0.5) is 0 Å². The first kappa shape index (κ1) is 15.0. The maximum absolute atomic E-state index is 11.9. The Balaban J connectivity index is 1.83. The molecule has 1 amide bonds. The lowest BCUT2D eigenvalue weighted by atomic mass is 10.1. The van der Waals surface area contributed by atoms with Crippen LogP contribution in [0.3, 0.4) is 0 Å². The van der Waals surface area contributed by atoms with Crippen molar-refractivity contribution in [2.24, 2.45) is 0 Å². The minimum atomic E-state index is -0.910. The monoisotopic (exact) mass is 296 g/mol. The van der Waals surface area contributed by atoms with Gasteiger partial charge in [0.15, 0.2) is 0 Å². The Kier molecular flexibility index (Phi) is 5.55. The molecule has 0 bridgehead atoms. The number of carbonyl (C=O) groups excluding carboxylic acids is 1. The molecule has 110 valence electrons. The summed E-state index contributed by atoms with van der Waals surface area (Å²) in [6, 6.07) is 3.70. The number of amides is 1. The van der Waals surface area contributed by atoms with Crippen LogP contribution in [0.1, 0.15) is 43.0 Å². The minimum absolute atomic E-state index is 0.0876. The largest absolute Gasteiger partial charge is 0.481 e. The van der Waals surface area contributed by atoms with Gasteiger partial charge in [0.1, 0.15) is 0 Å². The van der Waals surface area contributed by atoms with E-state index in [2.05, 4.69) is 10.6 Å². The summed E-state index contributed by atoms with van der Waals surface area (Å²) in [4.78, 5) is 23.7. The molecule has 1 fully saturated rings. The molecule has 1 unspecified atom stereocenters. The zero-order chi connectivity index (χ0) is 14.4. The molecule has 1 aromatic heterocycles. The van der Waals surface area contributed by atoms with Crippen molar-refractivity contribution in [3.8, 4) is 0 Å². The van der Waals surface area contributed by atoms with Crippen LogP contribution < -0.4 is 10.6 Å². The Bertz CT molecular complexity index is 441. The molecule has 1 aliphatic rings. The van der Waals surface area contributed by atoms with E-state index in [0.29, 0.717) is 6.04 Å². The van der Waals surface area contributed by atoms with Gasteiger partial charge in [-0.1, -0.05) is 18.9 Å². The Labute approximate surface area is 122 Å². The van der Waals surface area contributed by atoms with Crippen LogP contribution in [0.25, 0.3) is 0 Å². The summed E-state index contributed by atoms with van der Waals surface area (Å²) < 4.78 is 0. The first-order chi connectivity index (χ1) is 9.65. The van der Waals surface area contributed by atoms with Gasteiger partial charge in [0.05, 0.1) is 19.0 Å². The molecule has 2 rings (SSSR count). The molecule has 1 saturated carbocycles. The number of thiophene rings is 1. The molecule has 0 radical (unpaired) electrons. The number of carboxylic acids is 1. The van der Waals surface area contributed by atoms with E-state index >= 15 is 0 Å². The summed E-state index contributed by atoms with van der Waals surface area (Å²) >= 11 is 1.46. The van der Waals surface area contributed by atoms with Gasteiger partial charge < -0.3 is 15.7 Å². The fraction of sp³-hybridized carbons (Fsp3) is 0.571. The second-order valence-electron chi connectivity index (χ2n) is 5.10. The second-order valence-corrected chi connectivity index (χ2v) is 6.07. The lowest BCUT2D eigenvalue weighted by molar-refractivity contribution is -0.137. The van der Waals surface area contributed by atoms with Crippen molar-refractivity contribution >= 4 is 23.2 Å². The molecular weight excluding hydrogens is 276 g/mol. The van der Waals surface area contributed by atoms with Crippen molar-refractivity contribution in [3.63, 3.8) is 0 Å². The Morgan fingerprint density at radius 2 is 2.15 bits per heavy atom. The van der Waals surface area contributed by atoms with E-state index in [1.807, 2.05) is 17.5 Å². The number of nitrogens with one attached hydrogen (secondary N) is 2. The molecule has 1 aliphatic carbocycles. The normalized spacial score (nSPS) is 17.0. The van der Waals surface area contributed by atoms with E-state index in [9.17, 15) is 9.59 Å². The molecule has 1 heterocycles. The minimum Gasteiger partial charge on any atom is -0.481 e. The average Bonchev–Trinajstić information content (AvgIpc) is 3.08. The van der Waals surface area contributed by atoms with Crippen LogP contribution in [-0.4, -0.2) is 29.6 Å². The SMILES string of the molecule is O=C(O)CC(NC(=O)CNC1CCCC1)c1cccs1. The van der Waals surface area contributed by atoms with Crippen LogP contribution >= 0.6 is 11.3 Å². The van der Waals surface area contributed by atoms with Gasteiger partial charge in [0.2, 0.25) is 5.91 Å². The van der Waals surface area contributed by atoms with Gasteiger partial charge in [-0.3, -0.25) is 9.59 Å². The van der Waals surface area contributed by atoms with Crippen LogP contribution in [0.15, 0.2) is 17.5 Å². The van der Waals surface area contributed by atoms with Gasteiger partial charge in [-0.25, -0.2) is 0 Å². The zero-order valence-corrected chi connectivity index (χ0v) is 12.1. The van der Waals surface area contributed by atoms with E-state index in [0.717, 1.165) is 17.7 Å². The Hall–Kier alpha value is -1.40. The maximum Gasteiger partial charge on any atom is 0.305 e. The van der Waals surface area contributed by atoms with E-state index in [4.69, 9.17) is 5.11 Å². The van der Waals surface area contributed by atoms with E-state index in [-0.39, 0.29) is 18.9 Å². The highest BCUT2D eigenvalue weighted by molar-refractivity contribution is 7.10. The fourth-order valence-corrected chi connectivity index (χ4v) is 3.28. The van der Waals surface area contributed by atoms with E-state index in [1.165, 1.54) is 24.2 Å². The topological polar surface area (TPSA) is 78.4 Å². The smallest absolute Gasteiger partial charge is 0.305 e. The van der Waals surface area contributed by atoms with E-state index < -0.39 is 12.0 Å². The van der Waals surface area contributed by atoms with Gasteiger partial charge in [-0.2, -0.15) is 0 Å². The quantitative estimate of drug-likeness (QED) is 0.718. The first-order valence-electron chi connectivity index (χ1n) is 6.93. The highest BCUT2D eigenvalue weighted by Gasteiger charge is 2.20. The number of carbonyl (C=O) groups is 2. The van der Waals surface area contributed by atoms with Gasteiger partial charge in [0.25, 0.3) is 0 Å². The van der Waals surface area contributed by atoms with Crippen molar-refractivity contribution in [1.29, 1.82) is 0 Å². The van der Waals surface area contributed by atoms with Gasteiger partial charge >= 0.3 is 5.97 Å². The Morgan fingerprint density at radius 3 is 2.75 bits per heavy atom. The summed E-state index contributed by atoms with van der Waals surface area (Å²) in [7, 11) is 0. The van der Waals surface area contributed by atoms with Crippen LogP contribution in [0.2, 0.25) is 0 Å². The molecule has 20 heavy (non-hydrogen) atoms. The van der Waals surface area contributed by atoms with Crippen molar-refractivity contribution in [2.45, 2.75) is 44.2 Å². The molecular formula is C14H20N2O3S. The summed E-state index contributed by atoms with van der Waals surface area (Å²) in [5.74, 6) is -1.05. The summed E-state index contributed by atoms with van der Waals surface area (Å²) in [6.45, 7) is 0.256. The standard InChI is InChI=1S/C14H20N2O3S/c17-13(9-15-10-4-1-2-5-10)16-11(8-14(18)19)12-6-3-7-20-12/h3,6-7,10-11,15H,1-2,4-5,8-9H2,(H,16,17)(H,18,19). The zero-order valence-electron chi connectivity index (χ0n) is 11.3. The second kappa shape index (κ2) is 7.40. The third-order valence-electron chi connectivity index (χ3n) is 3.51. The number of rotatable bonds is 7. The predicted octanol–water partition coefficient (Wildman–Crippen LogP) is 1.91. The summed E-state index contributed by atoms with van der Waals surface area (Å²) in [5.41, 5.74) is 0. The van der Waals surface area contributed by atoms with Crippen molar-refractivity contribution in [2.75, 3.05) is 6.54 Å². The van der Waals surface area contributed by atoms with Gasteiger partial charge in [-0.05, 0) is 24.3 Å². The molecule has 0 aromatic carbocycles. The first-order valence-corrected chi connectivity index (χ1v) is 7.81. The molecule has 0 saturated heterocycles. The van der Waals surface area contributed by atoms with Crippen LogP contribution in [0, 0.1) is 0 Å². The number of carboxylic acid groups (broad SMARTS) is 1. The van der Waals surface area contributed by atoms with Gasteiger partial charge in [-0.15, -0.1) is 11.3 Å². The molecule has 1 aromatic rings. The molecule has 6 heteroatoms. The third kappa shape index (κ3) is 4.61. The lowest BCUT2D eigenvalue weighted by Crippen LogP contribution is -2.40. The van der Waals surface area contributed by atoms with Crippen molar-refractivity contribution in [1.82, 2.24) is 10.6 Å². The average molecular weight is 296 g/mol. The Morgan fingerprint density at radius 1 is 1.40 bits per heavy atom. The molecule has 0 spiro atoms. The highest BCUT2D eigenvalue weighted by Crippen LogP contribution is 2.22. The summed E-state index contributed by atoms with van der Waals surface area (Å²) in [6.07, 6.45) is 4.59. The number of hydrogen-bond donors (Lipinski definition) is 3. The maximum atomic E-state index is 11.9. The number of hydrogen-bond acceptors (Lipinski definition) is 4. The van der Waals surface area contributed by atoms with Gasteiger partial charge in [0, 0.05) is 10.9 Å². The lowest BCUT2D eigenvalue weighted by Gasteiger charge is -2.17. The molecule has 0 aliphatic heterocycles. The highest BCUT2D eigenvalue weighted by atomic mass is 32.1. The fourth-order valence-electron chi connectivity index (χ4n) is 2.50. The predicted molar refractivity (Wildman–Crippen MR) is 77.7 cm³/mol.